The van der Waals surface area contributed by atoms with Crippen molar-refractivity contribution in [2.75, 3.05) is 24.4 Å². The van der Waals surface area contributed by atoms with Gasteiger partial charge in [0.2, 0.25) is 0 Å². The summed E-state index contributed by atoms with van der Waals surface area (Å²) < 4.78 is 15.1. The van der Waals surface area contributed by atoms with Gasteiger partial charge >= 0.3 is 6.09 Å². The fourth-order valence-electron chi connectivity index (χ4n) is 1.83. The summed E-state index contributed by atoms with van der Waals surface area (Å²) in [5.41, 5.74) is 1.15. The summed E-state index contributed by atoms with van der Waals surface area (Å²) in [6.07, 6.45) is -0.523. The van der Waals surface area contributed by atoms with Gasteiger partial charge in [-0.25, -0.2) is 4.79 Å². The number of furan rings is 1. The second kappa shape index (κ2) is 8.00. The third-order valence-electron chi connectivity index (χ3n) is 2.84. The summed E-state index contributed by atoms with van der Waals surface area (Å²) in [5, 5.41) is 5.27. The first-order valence-electron chi connectivity index (χ1n) is 7.05. The maximum absolute atomic E-state index is 12.0. The van der Waals surface area contributed by atoms with Gasteiger partial charge in [-0.2, -0.15) is 0 Å². The van der Waals surface area contributed by atoms with Gasteiger partial charge in [-0.05, 0) is 43.3 Å². The van der Waals surface area contributed by atoms with E-state index in [2.05, 4.69) is 10.6 Å². The van der Waals surface area contributed by atoms with E-state index in [1.807, 2.05) is 0 Å². The number of benzene rings is 1. The number of carbonyl (C=O) groups excluding carboxylic acids is 2. The summed E-state index contributed by atoms with van der Waals surface area (Å²) in [7, 11) is 1.55. The van der Waals surface area contributed by atoms with E-state index < -0.39 is 6.09 Å². The van der Waals surface area contributed by atoms with Crippen LogP contribution in [0.3, 0.4) is 0 Å². The average molecular weight is 318 g/mol. The average Bonchev–Trinajstić information content (AvgIpc) is 2.99. The van der Waals surface area contributed by atoms with Crippen LogP contribution in [0.5, 0.6) is 0 Å². The van der Waals surface area contributed by atoms with Crippen LogP contribution in [0.4, 0.5) is 16.2 Å². The minimum Gasteiger partial charge on any atom is -0.453 e. The van der Waals surface area contributed by atoms with Crippen molar-refractivity contribution < 1.29 is 23.5 Å². The van der Waals surface area contributed by atoms with Crippen LogP contribution in [-0.2, 0) is 16.1 Å². The molecule has 2 N–H and O–H groups in total. The molecule has 23 heavy (non-hydrogen) atoms. The summed E-state index contributed by atoms with van der Waals surface area (Å²) in [5.74, 6) is 0.413. The molecule has 122 valence electrons. The van der Waals surface area contributed by atoms with Crippen molar-refractivity contribution >= 4 is 23.4 Å². The molecule has 0 atom stereocenters. The first-order valence-corrected chi connectivity index (χ1v) is 7.05. The zero-order chi connectivity index (χ0) is 16.7. The lowest BCUT2D eigenvalue weighted by molar-refractivity contribution is 0.0987. The molecule has 0 fully saturated rings. The first kappa shape index (κ1) is 16.6. The van der Waals surface area contributed by atoms with Crippen molar-refractivity contribution in [3.8, 4) is 0 Å². The van der Waals surface area contributed by atoms with E-state index in [1.54, 1.807) is 50.4 Å². The first-order chi connectivity index (χ1) is 11.1. The van der Waals surface area contributed by atoms with Crippen molar-refractivity contribution in [1.82, 2.24) is 0 Å². The Morgan fingerprint density at radius 2 is 1.70 bits per heavy atom. The Hall–Kier alpha value is -2.80. The van der Waals surface area contributed by atoms with Gasteiger partial charge in [0.15, 0.2) is 5.76 Å². The fourth-order valence-corrected chi connectivity index (χ4v) is 1.83. The van der Waals surface area contributed by atoms with E-state index in [1.165, 1.54) is 0 Å². The van der Waals surface area contributed by atoms with Crippen LogP contribution in [0.15, 0.2) is 40.8 Å². The van der Waals surface area contributed by atoms with Crippen LogP contribution in [0, 0.1) is 0 Å². The Bertz CT molecular complexity index is 663. The van der Waals surface area contributed by atoms with Crippen LogP contribution in [0.2, 0.25) is 0 Å². The molecular weight excluding hydrogens is 300 g/mol. The smallest absolute Gasteiger partial charge is 0.411 e. The van der Waals surface area contributed by atoms with E-state index in [4.69, 9.17) is 13.9 Å². The molecular formula is C16H18N2O5. The number of hydrogen-bond donors (Lipinski definition) is 2. The summed E-state index contributed by atoms with van der Waals surface area (Å²) in [4.78, 5) is 23.3. The Kier molecular flexibility index (Phi) is 5.76. The number of hydrogen-bond acceptors (Lipinski definition) is 5. The Balaban J connectivity index is 1.94. The van der Waals surface area contributed by atoms with E-state index in [-0.39, 0.29) is 11.7 Å². The fraction of sp³-hybridized carbons (Fsp3) is 0.250. The van der Waals surface area contributed by atoms with Crippen LogP contribution in [-0.4, -0.2) is 25.7 Å². The summed E-state index contributed by atoms with van der Waals surface area (Å²) >= 11 is 0. The SMILES string of the molecule is CCOC(=O)Nc1ccc(NC(=O)c2ccc(COC)o2)cc1. The predicted octanol–water partition coefficient (Wildman–Crippen LogP) is 3.25. The number of rotatable bonds is 6. The number of ether oxygens (including phenoxy) is 2. The molecule has 0 aliphatic heterocycles. The number of methoxy groups -OCH3 is 1. The highest BCUT2D eigenvalue weighted by Crippen LogP contribution is 2.16. The van der Waals surface area contributed by atoms with Gasteiger partial charge in [0, 0.05) is 18.5 Å². The topological polar surface area (TPSA) is 89.8 Å². The highest BCUT2D eigenvalue weighted by atomic mass is 16.5. The zero-order valence-electron chi connectivity index (χ0n) is 12.9. The van der Waals surface area contributed by atoms with Crippen LogP contribution in [0.1, 0.15) is 23.2 Å². The molecule has 1 aromatic carbocycles. The zero-order valence-corrected chi connectivity index (χ0v) is 12.9. The Morgan fingerprint density at radius 3 is 2.30 bits per heavy atom. The molecule has 0 spiro atoms. The van der Waals surface area contributed by atoms with Gasteiger partial charge in [-0.3, -0.25) is 10.1 Å². The second-order valence-corrected chi connectivity index (χ2v) is 4.58. The Morgan fingerprint density at radius 1 is 1.04 bits per heavy atom. The maximum atomic E-state index is 12.0. The lowest BCUT2D eigenvalue weighted by atomic mass is 10.2. The van der Waals surface area contributed by atoms with Crippen molar-refractivity contribution in [3.05, 3.63) is 47.9 Å². The van der Waals surface area contributed by atoms with Crippen LogP contribution >= 0.6 is 0 Å². The quantitative estimate of drug-likeness (QED) is 0.853. The molecule has 7 nitrogen and oxygen atoms in total. The van der Waals surface area contributed by atoms with E-state index >= 15 is 0 Å². The molecule has 0 saturated carbocycles. The molecule has 2 rings (SSSR count). The van der Waals surface area contributed by atoms with Crippen LogP contribution in [0.25, 0.3) is 0 Å². The van der Waals surface area contributed by atoms with Gasteiger partial charge < -0.3 is 19.2 Å². The molecule has 0 saturated heterocycles. The number of amides is 2. The minimum atomic E-state index is -0.523. The molecule has 0 aliphatic rings. The minimum absolute atomic E-state index is 0.200. The van der Waals surface area contributed by atoms with E-state index in [0.29, 0.717) is 30.3 Å². The highest BCUT2D eigenvalue weighted by molar-refractivity contribution is 6.02. The van der Waals surface area contributed by atoms with Crippen LogP contribution < -0.4 is 10.6 Å². The molecule has 0 unspecified atom stereocenters. The lowest BCUT2D eigenvalue weighted by Gasteiger charge is -2.07. The summed E-state index contributed by atoms with van der Waals surface area (Å²) in [6.45, 7) is 2.33. The Labute approximate surface area is 133 Å². The normalized spacial score (nSPS) is 10.2. The number of carbonyl (C=O) groups is 2. The maximum Gasteiger partial charge on any atom is 0.411 e. The van der Waals surface area contributed by atoms with Gasteiger partial charge in [0.05, 0.1) is 6.61 Å². The molecule has 0 bridgehead atoms. The standard InChI is InChI=1S/C16H18N2O5/c1-3-22-16(20)18-12-6-4-11(5-7-12)17-15(19)14-9-8-13(23-14)10-21-2/h4-9H,3,10H2,1-2H3,(H,17,19)(H,18,20). The monoisotopic (exact) mass is 318 g/mol. The van der Waals surface area contributed by atoms with Gasteiger partial charge in [0.1, 0.15) is 12.4 Å². The van der Waals surface area contributed by atoms with Crippen molar-refractivity contribution in [2.24, 2.45) is 0 Å². The van der Waals surface area contributed by atoms with Gasteiger partial charge in [0.25, 0.3) is 5.91 Å². The van der Waals surface area contributed by atoms with Gasteiger partial charge in [-0.15, -0.1) is 0 Å². The highest BCUT2D eigenvalue weighted by Gasteiger charge is 2.11. The number of nitrogens with one attached hydrogen (secondary N) is 2. The molecule has 2 amide bonds. The molecule has 1 heterocycles. The lowest BCUT2D eigenvalue weighted by Crippen LogP contribution is -2.13. The molecule has 0 radical (unpaired) electrons. The molecule has 2 aromatic rings. The summed E-state index contributed by atoms with van der Waals surface area (Å²) in [6, 6.07) is 9.91. The molecule has 0 aliphatic carbocycles. The second-order valence-electron chi connectivity index (χ2n) is 4.58. The predicted molar refractivity (Wildman–Crippen MR) is 84.5 cm³/mol. The van der Waals surface area contributed by atoms with E-state index in [0.717, 1.165) is 0 Å². The molecule has 1 aromatic heterocycles. The van der Waals surface area contributed by atoms with Crippen molar-refractivity contribution in [1.29, 1.82) is 0 Å². The van der Waals surface area contributed by atoms with Gasteiger partial charge in [-0.1, -0.05) is 0 Å². The van der Waals surface area contributed by atoms with E-state index in [9.17, 15) is 9.59 Å². The largest absolute Gasteiger partial charge is 0.453 e. The third kappa shape index (κ3) is 4.86. The van der Waals surface area contributed by atoms with Crippen molar-refractivity contribution in [3.63, 3.8) is 0 Å². The molecule has 7 heteroatoms. The third-order valence-corrected chi connectivity index (χ3v) is 2.84. The van der Waals surface area contributed by atoms with Crippen molar-refractivity contribution in [2.45, 2.75) is 13.5 Å². The number of anilines is 2.